The molecule has 0 radical (unpaired) electrons. The van der Waals surface area contributed by atoms with Crippen molar-refractivity contribution >= 4 is 5.69 Å². The van der Waals surface area contributed by atoms with Crippen LogP contribution in [0.5, 0.6) is 0 Å². The average molecular weight is 263 g/mol. The van der Waals surface area contributed by atoms with Crippen molar-refractivity contribution in [2.45, 2.75) is 44.6 Å². The summed E-state index contributed by atoms with van der Waals surface area (Å²) < 4.78 is 0. The van der Waals surface area contributed by atoms with E-state index in [2.05, 4.69) is 16.8 Å². The molecule has 0 amide bonds. The van der Waals surface area contributed by atoms with Gasteiger partial charge in [-0.15, -0.1) is 0 Å². The first-order valence-electron chi connectivity index (χ1n) is 7.26. The number of pyridine rings is 1. The molecule has 0 aromatic carbocycles. The van der Waals surface area contributed by atoms with Crippen molar-refractivity contribution in [3.05, 3.63) is 24.0 Å². The third kappa shape index (κ3) is 3.91. The Kier molecular flexibility index (Phi) is 4.77. The summed E-state index contributed by atoms with van der Waals surface area (Å²) in [5.41, 5.74) is 7.02. The first-order valence-corrected chi connectivity index (χ1v) is 7.26. The van der Waals surface area contributed by atoms with Crippen LogP contribution in [0.4, 0.5) is 5.69 Å². The number of nitrogens with two attached hydrogens (primary N) is 1. The highest BCUT2D eigenvalue weighted by Gasteiger charge is 2.30. The molecule has 4 nitrogen and oxygen atoms in total. The van der Waals surface area contributed by atoms with E-state index in [1.165, 1.54) is 6.42 Å². The summed E-state index contributed by atoms with van der Waals surface area (Å²) >= 11 is 0. The van der Waals surface area contributed by atoms with Crippen molar-refractivity contribution < 1.29 is 5.11 Å². The van der Waals surface area contributed by atoms with Crippen molar-refractivity contribution in [1.82, 2.24) is 9.88 Å². The second kappa shape index (κ2) is 6.35. The Morgan fingerprint density at radius 3 is 3.00 bits per heavy atom. The van der Waals surface area contributed by atoms with Gasteiger partial charge >= 0.3 is 0 Å². The Hall–Kier alpha value is -1.13. The predicted octanol–water partition coefficient (Wildman–Crippen LogP) is 1.83. The molecule has 1 unspecified atom stereocenters. The number of aromatic nitrogens is 1. The molecule has 0 aliphatic carbocycles. The van der Waals surface area contributed by atoms with Gasteiger partial charge in [-0.1, -0.05) is 6.92 Å². The SMILES string of the molecule is CCCN1CCCC(O)(Cc2cnccc2N)CC1. The van der Waals surface area contributed by atoms with E-state index in [1.54, 1.807) is 18.5 Å². The lowest BCUT2D eigenvalue weighted by Crippen LogP contribution is -2.34. The van der Waals surface area contributed by atoms with Crippen LogP contribution in [0.15, 0.2) is 18.5 Å². The fourth-order valence-corrected chi connectivity index (χ4v) is 2.89. The maximum Gasteiger partial charge on any atom is 0.0702 e. The van der Waals surface area contributed by atoms with Gasteiger partial charge in [0.05, 0.1) is 5.60 Å². The molecule has 0 saturated carbocycles. The van der Waals surface area contributed by atoms with Crippen LogP contribution in [0.2, 0.25) is 0 Å². The molecule has 106 valence electrons. The lowest BCUT2D eigenvalue weighted by atomic mass is 9.88. The smallest absolute Gasteiger partial charge is 0.0702 e. The third-order valence-electron chi connectivity index (χ3n) is 4.01. The van der Waals surface area contributed by atoms with E-state index in [1.807, 2.05) is 0 Å². The van der Waals surface area contributed by atoms with E-state index < -0.39 is 5.60 Å². The molecular formula is C15H25N3O. The molecule has 19 heavy (non-hydrogen) atoms. The quantitative estimate of drug-likeness (QED) is 0.870. The summed E-state index contributed by atoms with van der Waals surface area (Å²) in [4.78, 5) is 6.56. The molecule has 1 aromatic rings. The summed E-state index contributed by atoms with van der Waals surface area (Å²) in [6.45, 7) is 5.40. The number of anilines is 1. The van der Waals surface area contributed by atoms with Crippen LogP contribution in [0.25, 0.3) is 0 Å². The van der Waals surface area contributed by atoms with E-state index in [9.17, 15) is 5.11 Å². The largest absolute Gasteiger partial charge is 0.398 e. The minimum absolute atomic E-state index is 0.618. The molecule has 0 spiro atoms. The van der Waals surface area contributed by atoms with E-state index in [0.717, 1.165) is 50.1 Å². The zero-order chi connectivity index (χ0) is 13.7. The molecule has 1 aliphatic heterocycles. The molecule has 1 aromatic heterocycles. The van der Waals surface area contributed by atoms with Crippen LogP contribution in [0.3, 0.4) is 0 Å². The van der Waals surface area contributed by atoms with Crippen LogP contribution in [0, 0.1) is 0 Å². The number of nitrogen functional groups attached to an aromatic ring is 1. The van der Waals surface area contributed by atoms with Crippen LogP contribution in [-0.2, 0) is 6.42 Å². The standard InChI is InChI=1S/C15H25N3O/c1-2-8-18-9-3-5-15(19,6-10-18)11-13-12-17-7-4-14(13)16/h4,7,12,19H,2-3,5-6,8-11H2,1H3,(H2,16,17). The van der Waals surface area contributed by atoms with E-state index in [4.69, 9.17) is 5.73 Å². The number of hydrogen-bond donors (Lipinski definition) is 2. The van der Waals surface area contributed by atoms with Crippen LogP contribution >= 0.6 is 0 Å². The first-order chi connectivity index (χ1) is 9.13. The maximum atomic E-state index is 10.8. The summed E-state index contributed by atoms with van der Waals surface area (Å²) in [7, 11) is 0. The van der Waals surface area contributed by atoms with Crippen LogP contribution in [0.1, 0.15) is 38.2 Å². The van der Waals surface area contributed by atoms with Gasteiger partial charge in [0.25, 0.3) is 0 Å². The molecule has 1 fully saturated rings. The van der Waals surface area contributed by atoms with Crippen LogP contribution < -0.4 is 5.73 Å². The number of hydrogen-bond acceptors (Lipinski definition) is 4. The van der Waals surface area contributed by atoms with Crippen molar-refractivity contribution in [2.75, 3.05) is 25.4 Å². The molecule has 2 rings (SSSR count). The molecule has 0 bridgehead atoms. The summed E-state index contributed by atoms with van der Waals surface area (Å²) in [5, 5.41) is 10.8. The highest BCUT2D eigenvalue weighted by atomic mass is 16.3. The topological polar surface area (TPSA) is 62.4 Å². The second-order valence-corrected chi connectivity index (χ2v) is 5.67. The molecule has 1 saturated heterocycles. The minimum Gasteiger partial charge on any atom is -0.398 e. The molecule has 2 heterocycles. The Morgan fingerprint density at radius 1 is 1.42 bits per heavy atom. The Morgan fingerprint density at radius 2 is 2.26 bits per heavy atom. The van der Waals surface area contributed by atoms with Gasteiger partial charge in [0.15, 0.2) is 0 Å². The van der Waals surface area contributed by atoms with Gasteiger partial charge in [-0.25, -0.2) is 0 Å². The average Bonchev–Trinajstić information content (AvgIpc) is 2.56. The lowest BCUT2D eigenvalue weighted by Gasteiger charge is -2.27. The zero-order valence-corrected chi connectivity index (χ0v) is 11.8. The fraction of sp³-hybridized carbons (Fsp3) is 0.667. The number of aliphatic hydroxyl groups is 1. The monoisotopic (exact) mass is 263 g/mol. The Labute approximate surface area is 115 Å². The van der Waals surface area contributed by atoms with Crippen molar-refractivity contribution in [2.24, 2.45) is 0 Å². The maximum absolute atomic E-state index is 10.8. The minimum atomic E-state index is -0.625. The van der Waals surface area contributed by atoms with E-state index in [-0.39, 0.29) is 0 Å². The van der Waals surface area contributed by atoms with Gasteiger partial charge in [0.1, 0.15) is 0 Å². The van der Waals surface area contributed by atoms with Crippen molar-refractivity contribution in [3.8, 4) is 0 Å². The lowest BCUT2D eigenvalue weighted by molar-refractivity contribution is 0.0258. The molecule has 1 atom stereocenters. The summed E-state index contributed by atoms with van der Waals surface area (Å²) in [6.07, 6.45) is 7.99. The third-order valence-corrected chi connectivity index (χ3v) is 4.01. The van der Waals surface area contributed by atoms with Gasteiger partial charge in [-0.2, -0.15) is 0 Å². The van der Waals surface area contributed by atoms with Gasteiger partial charge in [-0.3, -0.25) is 4.98 Å². The molecule has 3 N–H and O–H groups in total. The fourth-order valence-electron chi connectivity index (χ4n) is 2.89. The van der Waals surface area contributed by atoms with Crippen LogP contribution in [-0.4, -0.2) is 40.2 Å². The summed E-state index contributed by atoms with van der Waals surface area (Å²) in [5.74, 6) is 0. The highest BCUT2D eigenvalue weighted by molar-refractivity contribution is 5.45. The Balaban J connectivity index is 2.01. The summed E-state index contributed by atoms with van der Waals surface area (Å²) in [6, 6.07) is 1.80. The number of rotatable bonds is 4. The predicted molar refractivity (Wildman–Crippen MR) is 77.9 cm³/mol. The number of nitrogens with zero attached hydrogens (tertiary/aromatic N) is 2. The van der Waals surface area contributed by atoms with Crippen molar-refractivity contribution in [3.63, 3.8) is 0 Å². The highest BCUT2D eigenvalue weighted by Crippen LogP contribution is 2.28. The van der Waals surface area contributed by atoms with Gasteiger partial charge in [-0.05, 0) is 50.4 Å². The van der Waals surface area contributed by atoms with Gasteiger partial charge in [0.2, 0.25) is 0 Å². The molecule has 4 heteroatoms. The van der Waals surface area contributed by atoms with Gasteiger partial charge < -0.3 is 15.7 Å². The van der Waals surface area contributed by atoms with Crippen molar-refractivity contribution in [1.29, 1.82) is 0 Å². The number of likely N-dealkylation sites (tertiary alicyclic amines) is 1. The second-order valence-electron chi connectivity index (χ2n) is 5.67. The van der Waals surface area contributed by atoms with E-state index in [0.29, 0.717) is 6.42 Å². The normalized spacial score (nSPS) is 25.2. The zero-order valence-electron chi connectivity index (χ0n) is 11.8. The molecule has 1 aliphatic rings. The van der Waals surface area contributed by atoms with Gasteiger partial charge in [0, 0.05) is 31.0 Å². The van der Waals surface area contributed by atoms with E-state index >= 15 is 0 Å². The first kappa shape index (κ1) is 14.3. The molecular weight excluding hydrogens is 238 g/mol. The Bertz CT molecular complexity index is 410.